The number of fused-ring (bicyclic) bond motifs is 1. The van der Waals surface area contributed by atoms with Crippen molar-refractivity contribution in [3.05, 3.63) is 27.8 Å². The molecule has 0 aliphatic rings. The Morgan fingerprint density at radius 3 is 2.79 bits per heavy atom. The highest BCUT2D eigenvalue weighted by molar-refractivity contribution is 9.10. The molecule has 14 heavy (non-hydrogen) atoms. The summed E-state index contributed by atoms with van der Waals surface area (Å²) in [6.07, 6.45) is 0. The van der Waals surface area contributed by atoms with Crippen molar-refractivity contribution in [2.45, 2.75) is 0 Å². The molecule has 0 unspecified atom stereocenters. The predicted octanol–water partition coefficient (Wildman–Crippen LogP) is 1.48. The maximum Gasteiger partial charge on any atom is 0.491 e. The summed E-state index contributed by atoms with van der Waals surface area (Å²) in [7, 11) is -1.59. The summed E-state index contributed by atoms with van der Waals surface area (Å²) in [6.45, 7) is 0. The van der Waals surface area contributed by atoms with Crippen molar-refractivity contribution in [3.8, 4) is 0 Å². The fraction of sp³-hybridized carbons (Fsp3) is 0. The van der Waals surface area contributed by atoms with Gasteiger partial charge in [0.05, 0.1) is 0 Å². The number of hydrogen-bond donors (Lipinski definition) is 2. The molecule has 2 nitrogen and oxygen atoms in total. The third-order valence-corrected chi connectivity index (χ3v) is 3.54. The van der Waals surface area contributed by atoms with E-state index in [1.54, 1.807) is 11.4 Å². The van der Waals surface area contributed by atoms with Crippen LogP contribution >= 0.6 is 27.3 Å². The second-order valence-corrected chi connectivity index (χ2v) is 4.56. The average molecular weight is 275 g/mol. The molecule has 0 spiro atoms. The van der Waals surface area contributed by atoms with Crippen LogP contribution in [0.15, 0.2) is 22.0 Å². The Hall–Kier alpha value is -0.425. The van der Waals surface area contributed by atoms with Gasteiger partial charge < -0.3 is 10.0 Å². The molecule has 0 amide bonds. The molecule has 72 valence electrons. The lowest BCUT2D eigenvalue weighted by atomic mass is 9.80. The molecule has 0 aliphatic heterocycles. The first-order chi connectivity index (χ1) is 6.61. The Balaban J connectivity index is 2.86. The lowest BCUT2D eigenvalue weighted by Gasteiger charge is -2.05. The molecule has 0 bridgehead atoms. The zero-order chi connectivity index (χ0) is 10.3. The molecule has 0 atom stereocenters. The van der Waals surface area contributed by atoms with E-state index < -0.39 is 7.12 Å². The molecule has 0 fully saturated rings. The van der Waals surface area contributed by atoms with Crippen LogP contribution in [0.3, 0.4) is 0 Å². The first kappa shape index (κ1) is 10.1. The smallest absolute Gasteiger partial charge is 0.423 e. The number of benzene rings is 1. The Kier molecular flexibility index (Phi) is 2.61. The van der Waals surface area contributed by atoms with E-state index in [1.165, 1.54) is 17.4 Å². The van der Waals surface area contributed by atoms with E-state index >= 15 is 0 Å². The molecular weight excluding hydrogens is 270 g/mol. The number of halogens is 2. The van der Waals surface area contributed by atoms with E-state index in [2.05, 4.69) is 15.9 Å². The summed E-state index contributed by atoms with van der Waals surface area (Å²) >= 11 is 4.38. The topological polar surface area (TPSA) is 40.5 Å². The zero-order valence-corrected chi connectivity index (χ0v) is 9.27. The zero-order valence-electron chi connectivity index (χ0n) is 6.87. The quantitative estimate of drug-likeness (QED) is 0.774. The third kappa shape index (κ3) is 1.48. The van der Waals surface area contributed by atoms with E-state index in [4.69, 9.17) is 10.0 Å². The molecule has 2 rings (SSSR count). The van der Waals surface area contributed by atoms with Gasteiger partial charge in [-0.25, -0.2) is 4.39 Å². The first-order valence-corrected chi connectivity index (χ1v) is 5.49. The lowest BCUT2D eigenvalue weighted by molar-refractivity contribution is 0.426. The fourth-order valence-corrected chi connectivity index (χ4v) is 3.03. The Labute approximate surface area is 92.3 Å². The minimum absolute atomic E-state index is 0.316. The van der Waals surface area contributed by atoms with E-state index in [-0.39, 0.29) is 5.82 Å². The van der Waals surface area contributed by atoms with E-state index in [9.17, 15) is 4.39 Å². The number of thiophene rings is 1. The highest BCUT2D eigenvalue weighted by Crippen LogP contribution is 2.25. The van der Waals surface area contributed by atoms with Crippen molar-refractivity contribution >= 4 is 49.9 Å². The van der Waals surface area contributed by atoms with Crippen molar-refractivity contribution in [3.63, 3.8) is 0 Å². The van der Waals surface area contributed by atoms with E-state index in [0.29, 0.717) is 20.0 Å². The molecule has 0 aliphatic carbocycles. The summed E-state index contributed by atoms with van der Waals surface area (Å²) in [5.74, 6) is -0.363. The van der Waals surface area contributed by atoms with Gasteiger partial charge in [-0.05, 0) is 17.5 Å². The molecule has 1 aromatic heterocycles. The molecule has 2 aromatic rings. The summed E-state index contributed by atoms with van der Waals surface area (Å²) < 4.78 is 14.3. The minimum atomic E-state index is -1.59. The molecule has 0 saturated heterocycles. The largest absolute Gasteiger partial charge is 0.491 e. The van der Waals surface area contributed by atoms with Crippen LogP contribution in [0.2, 0.25) is 0 Å². The molecule has 2 N–H and O–H groups in total. The van der Waals surface area contributed by atoms with Crippen LogP contribution < -0.4 is 5.46 Å². The standard InChI is InChI=1S/C8H5BBrFO2S/c10-5-3-6(11)4-1-2-14-8(4)7(5)9(12)13/h1-3,12-13H. The Morgan fingerprint density at radius 1 is 1.43 bits per heavy atom. The first-order valence-electron chi connectivity index (χ1n) is 3.82. The molecule has 1 heterocycles. The van der Waals surface area contributed by atoms with Crippen LogP contribution in [0, 0.1) is 5.82 Å². The Morgan fingerprint density at radius 2 is 2.14 bits per heavy atom. The predicted molar refractivity (Wildman–Crippen MR) is 59.3 cm³/mol. The van der Waals surface area contributed by atoms with Crippen LogP contribution in [-0.2, 0) is 0 Å². The van der Waals surface area contributed by atoms with Gasteiger partial charge in [-0.2, -0.15) is 0 Å². The number of hydrogen-bond acceptors (Lipinski definition) is 3. The maximum atomic E-state index is 13.3. The molecule has 0 saturated carbocycles. The Bertz CT molecular complexity index is 485. The third-order valence-electron chi connectivity index (χ3n) is 1.94. The maximum absolute atomic E-state index is 13.3. The monoisotopic (exact) mass is 274 g/mol. The SMILES string of the molecule is OB(O)c1c(Br)cc(F)c2ccsc12. The van der Waals surface area contributed by atoms with Crippen molar-refractivity contribution in [1.82, 2.24) is 0 Å². The van der Waals surface area contributed by atoms with Gasteiger partial charge in [0.15, 0.2) is 0 Å². The highest BCUT2D eigenvalue weighted by Gasteiger charge is 2.21. The van der Waals surface area contributed by atoms with Crippen molar-refractivity contribution < 1.29 is 14.4 Å². The van der Waals surface area contributed by atoms with Crippen molar-refractivity contribution in [2.24, 2.45) is 0 Å². The van der Waals surface area contributed by atoms with Gasteiger partial charge in [0.25, 0.3) is 0 Å². The fourth-order valence-electron chi connectivity index (χ4n) is 1.32. The summed E-state index contributed by atoms with van der Waals surface area (Å²) in [6, 6.07) is 2.86. The van der Waals surface area contributed by atoms with Gasteiger partial charge in [-0.15, -0.1) is 11.3 Å². The molecule has 1 aromatic carbocycles. The van der Waals surface area contributed by atoms with Gasteiger partial charge in [-0.3, -0.25) is 0 Å². The van der Waals surface area contributed by atoms with Crippen LogP contribution in [0.25, 0.3) is 10.1 Å². The normalized spacial score (nSPS) is 10.9. The minimum Gasteiger partial charge on any atom is -0.423 e. The van der Waals surface area contributed by atoms with Crippen molar-refractivity contribution in [1.29, 1.82) is 0 Å². The van der Waals surface area contributed by atoms with E-state index in [0.717, 1.165) is 0 Å². The van der Waals surface area contributed by atoms with Gasteiger partial charge in [-0.1, -0.05) is 15.9 Å². The summed E-state index contributed by atoms with van der Waals surface area (Å²) in [5.41, 5.74) is 0.316. The second-order valence-electron chi connectivity index (χ2n) is 2.79. The van der Waals surface area contributed by atoms with E-state index in [1.807, 2.05) is 0 Å². The number of rotatable bonds is 1. The van der Waals surface area contributed by atoms with Crippen LogP contribution in [0.4, 0.5) is 4.39 Å². The average Bonchev–Trinajstić information content (AvgIpc) is 2.51. The van der Waals surface area contributed by atoms with Crippen LogP contribution in [0.5, 0.6) is 0 Å². The molecular formula is C8H5BBrFO2S. The van der Waals surface area contributed by atoms with Crippen molar-refractivity contribution in [2.75, 3.05) is 0 Å². The van der Waals surface area contributed by atoms with Crippen LogP contribution in [0.1, 0.15) is 0 Å². The summed E-state index contributed by atoms with van der Waals surface area (Å²) in [4.78, 5) is 0. The lowest BCUT2D eigenvalue weighted by Crippen LogP contribution is -2.31. The molecule has 0 radical (unpaired) electrons. The van der Waals surface area contributed by atoms with Gasteiger partial charge in [0.1, 0.15) is 5.82 Å². The van der Waals surface area contributed by atoms with Gasteiger partial charge in [0.2, 0.25) is 0 Å². The van der Waals surface area contributed by atoms with Crippen LogP contribution in [-0.4, -0.2) is 17.2 Å². The van der Waals surface area contributed by atoms with Gasteiger partial charge in [0, 0.05) is 20.0 Å². The van der Waals surface area contributed by atoms with Gasteiger partial charge >= 0.3 is 7.12 Å². The summed E-state index contributed by atoms with van der Waals surface area (Å²) in [5, 5.41) is 20.4. The second kappa shape index (κ2) is 3.62. The highest BCUT2D eigenvalue weighted by atomic mass is 79.9. The molecule has 6 heteroatoms.